The second-order valence-electron chi connectivity index (χ2n) is 13.5. The SMILES string of the molecule is C=CCOC(=O)N1CCCN(C(=O)OCC2c3ccccc3-c3ccccc32)Cc2cc(C(=O)O)cc(c2OC)CN(S(=O)(=O)c2ccccc2[N+](=O)[O-])CCC1. The molecule has 2 amide bonds. The fraction of sp³-hybridized carbons (Fsp3) is 0.293. The molecular formula is C41H42N4O11S. The molecule has 1 aliphatic carbocycles. The molecule has 1 N–H and O–H groups in total. The van der Waals surface area contributed by atoms with Crippen LogP contribution in [0.3, 0.4) is 0 Å². The second kappa shape index (κ2) is 17.7. The second-order valence-corrected chi connectivity index (χ2v) is 15.4. The molecule has 0 saturated heterocycles. The Kier molecular flexibility index (Phi) is 12.5. The van der Waals surface area contributed by atoms with Crippen molar-refractivity contribution in [2.75, 3.05) is 46.5 Å². The van der Waals surface area contributed by atoms with Crippen molar-refractivity contribution in [2.24, 2.45) is 0 Å². The molecule has 0 spiro atoms. The lowest BCUT2D eigenvalue weighted by atomic mass is 9.98. The van der Waals surface area contributed by atoms with Crippen LogP contribution in [0.2, 0.25) is 0 Å². The quantitative estimate of drug-likeness (QED) is 0.108. The molecule has 0 fully saturated rings. The number of fused-ring (bicyclic) bond motifs is 5. The van der Waals surface area contributed by atoms with Gasteiger partial charge in [-0.05, 0) is 53.3 Å². The molecule has 15 nitrogen and oxygen atoms in total. The van der Waals surface area contributed by atoms with E-state index in [1.165, 1.54) is 47.3 Å². The van der Waals surface area contributed by atoms with Gasteiger partial charge in [0, 0.05) is 55.8 Å². The number of nitro benzene ring substituents is 1. The van der Waals surface area contributed by atoms with Crippen molar-refractivity contribution in [3.05, 3.63) is 136 Å². The molecule has 298 valence electrons. The third-order valence-corrected chi connectivity index (χ3v) is 11.8. The lowest BCUT2D eigenvalue weighted by molar-refractivity contribution is -0.387. The molecule has 57 heavy (non-hydrogen) atoms. The number of aromatic carboxylic acids is 1. The number of carboxylic acids is 1. The number of nitro groups is 1. The summed E-state index contributed by atoms with van der Waals surface area (Å²) in [5.41, 5.74) is 3.69. The first kappa shape index (κ1) is 40.4. The number of para-hydroxylation sites is 1. The third kappa shape index (κ3) is 8.76. The lowest BCUT2D eigenvalue weighted by Crippen LogP contribution is -2.39. The van der Waals surface area contributed by atoms with E-state index >= 15 is 0 Å². The fourth-order valence-electron chi connectivity index (χ4n) is 7.35. The van der Waals surface area contributed by atoms with Gasteiger partial charge in [-0.25, -0.2) is 22.8 Å². The van der Waals surface area contributed by atoms with E-state index in [4.69, 9.17) is 14.2 Å². The minimum atomic E-state index is -4.61. The Hall–Kier alpha value is -6.26. The summed E-state index contributed by atoms with van der Waals surface area (Å²) < 4.78 is 46.7. The fourth-order valence-corrected chi connectivity index (χ4v) is 8.96. The zero-order chi connectivity index (χ0) is 40.7. The topological polar surface area (TPSA) is 186 Å². The van der Waals surface area contributed by atoms with Crippen LogP contribution in [0.4, 0.5) is 15.3 Å². The summed E-state index contributed by atoms with van der Waals surface area (Å²) in [6, 6.07) is 23.3. The number of hydrogen-bond acceptors (Lipinski definition) is 10. The van der Waals surface area contributed by atoms with E-state index in [9.17, 15) is 38.0 Å². The van der Waals surface area contributed by atoms with Crippen LogP contribution in [0.25, 0.3) is 11.1 Å². The Balaban J connectivity index is 1.38. The Labute approximate surface area is 329 Å². The van der Waals surface area contributed by atoms with Crippen molar-refractivity contribution in [1.29, 1.82) is 0 Å². The highest BCUT2D eigenvalue weighted by Gasteiger charge is 2.34. The average molecular weight is 799 g/mol. The van der Waals surface area contributed by atoms with Gasteiger partial charge in [-0.1, -0.05) is 73.3 Å². The van der Waals surface area contributed by atoms with Crippen LogP contribution in [-0.4, -0.2) is 97.2 Å². The monoisotopic (exact) mass is 798 g/mol. The van der Waals surface area contributed by atoms with Crippen LogP contribution in [0.5, 0.6) is 5.75 Å². The van der Waals surface area contributed by atoms with Gasteiger partial charge in [0.2, 0.25) is 10.0 Å². The molecule has 4 aromatic carbocycles. The molecule has 16 heteroatoms. The van der Waals surface area contributed by atoms with Crippen molar-refractivity contribution in [3.63, 3.8) is 0 Å². The van der Waals surface area contributed by atoms with Crippen LogP contribution in [0.1, 0.15) is 51.4 Å². The summed E-state index contributed by atoms with van der Waals surface area (Å²) in [7, 11) is -3.26. The number of benzene rings is 4. The lowest BCUT2D eigenvalue weighted by Gasteiger charge is -2.29. The normalized spacial score (nSPS) is 15.1. The number of sulfonamides is 1. The maximum absolute atomic E-state index is 14.3. The summed E-state index contributed by atoms with van der Waals surface area (Å²) in [6.07, 6.45) is 0.330. The van der Waals surface area contributed by atoms with Gasteiger partial charge in [-0.2, -0.15) is 4.31 Å². The third-order valence-electron chi connectivity index (χ3n) is 9.95. The zero-order valence-electron chi connectivity index (χ0n) is 31.2. The van der Waals surface area contributed by atoms with Gasteiger partial charge in [0.25, 0.3) is 5.69 Å². The minimum absolute atomic E-state index is 0.0133. The Morgan fingerprint density at radius 1 is 0.842 bits per heavy atom. The van der Waals surface area contributed by atoms with E-state index in [1.54, 1.807) is 0 Å². The molecule has 1 heterocycles. The van der Waals surface area contributed by atoms with Crippen LogP contribution in [0, 0.1) is 10.1 Å². The largest absolute Gasteiger partial charge is 0.496 e. The molecule has 0 atom stereocenters. The molecule has 2 aliphatic rings. The van der Waals surface area contributed by atoms with Gasteiger partial charge in [-0.3, -0.25) is 10.1 Å². The Morgan fingerprint density at radius 3 is 2.02 bits per heavy atom. The van der Waals surface area contributed by atoms with Crippen LogP contribution < -0.4 is 4.74 Å². The number of carbonyl (C=O) groups is 3. The molecule has 4 aromatic rings. The van der Waals surface area contributed by atoms with E-state index in [1.807, 2.05) is 48.5 Å². The first-order valence-electron chi connectivity index (χ1n) is 18.2. The highest BCUT2D eigenvalue weighted by Crippen LogP contribution is 2.44. The predicted octanol–water partition coefficient (Wildman–Crippen LogP) is 6.66. The number of ether oxygens (including phenoxy) is 3. The van der Waals surface area contributed by atoms with Gasteiger partial charge in [0.15, 0.2) is 4.90 Å². The molecular weight excluding hydrogens is 757 g/mol. The number of hydrogen-bond donors (Lipinski definition) is 1. The molecule has 0 aromatic heterocycles. The van der Waals surface area contributed by atoms with E-state index in [2.05, 4.69) is 6.58 Å². The maximum Gasteiger partial charge on any atom is 0.410 e. The number of methoxy groups -OCH3 is 1. The van der Waals surface area contributed by atoms with E-state index in [0.29, 0.717) is 0 Å². The molecule has 0 radical (unpaired) electrons. The number of nitrogens with zero attached hydrogens (tertiary/aromatic N) is 4. The van der Waals surface area contributed by atoms with Crippen LogP contribution in [-0.2, 0) is 32.6 Å². The zero-order valence-corrected chi connectivity index (χ0v) is 32.1. The van der Waals surface area contributed by atoms with Crippen molar-refractivity contribution in [3.8, 4) is 16.9 Å². The smallest absolute Gasteiger partial charge is 0.410 e. The summed E-state index contributed by atoms with van der Waals surface area (Å²) in [5, 5.41) is 22.1. The number of carbonyl (C=O) groups excluding carboxylic acids is 2. The van der Waals surface area contributed by atoms with Crippen LogP contribution >= 0.6 is 0 Å². The molecule has 0 unspecified atom stereocenters. The number of carboxylic acid groups (broad SMARTS) is 1. The van der Waals surface area contributed by atoms with Gasteiger partial charge in [0.1, 0.15) is 19.0 Å². The first-order valence-corrected chi connectivity index (χ1v) is 19.7. The van der Waals surface area contributed by atoms with E-state index < -0.39 is 50.2 Å². The molecule has 2 bridgehead atoms. The van der Waals surface area contributed by atoms with Crippen LogP contribution in [0.15, 0.2) is 102 Å². The van der Waals surface area contributed by atoms with E-state index in [-0.39, 0.29) is 87.1 Å². The number of rotatable bonds is 9. The maximum atomic E-state index is 14.3. The van der Waals surface area contributed by atoms with Gasteiger partial charge >= 0.3 is 18.2 Å². The Morgan fingerprint density at radius 2 is 1.40 bits per heavy atom. The summed E-state index contributed by atoms with van der Waals surface area (Å²) in [5.74, 6) is -1.41. The van der Waals surface area contributed by atoms with Crippen molar-refractivity contribution < 1.29 is 47.0 Å². The molecule has 6 rings (SSSR count). The van der Waals surface area contributed by atoms with Gasteiger partial charge < -0.3 is 29.1 Å². The molecule has 0 saturated carbocycles. The van der Waals surface area contributed by atoms with Crippen molar-refractivity contribution >= 4 is 33.9 Å². The predicted molar refractivity (Wildman–Crippen MR) is 208 cm³/mol. The molecule has 1 aliphatic heterocycles. The van der Waals surface area contributed by atoms with Crippen molar-refractivity contribution in [2.45, 2.75) is 36.7 Å². The number of amides is 2. The van der Waals surface area contributed by atoms with Gasteiger partial charge in [0.05, 0.1) is 24.1 Å². The minimum Gasteiger partial charge on any atom is -0.496 e. The Bertz CT molecular complexity index is 2250. The standard InChI is InChI=1S/C41H42N4O11S/c1-3-22-55-40(48)42-18-10-20-43(41(49)56-27-35-33-14-6-4-12-31(33)32-13-5-7-15-34(32)35)25-29-23-28(39(46)47)24-30(38(29)54-2)26-44(21-11-19-42)57(52,53)37-17-9-8-16-36(37)45(50)51/h3-9,12-17,23-24,35H,1,10-11,18-22,25-27H2,2H3,(H,46,47). The first-order chi connectivity index (χ1) is 27.4. The van der Waals surface area contributed by atoms with Crippen molar-refractivity contribution in [1.82, 2.24) is 14.1 Å². The summed E-state index contributed by atoms with van der Waals surface area (Å²) in [6.45, 7) is 2.84. The summed E-state index contributed by atoms with van der Waals surface area (Å²) in [4.78, 5) is 53.1. The highest BCUT2D eigenvalue weighted by atomic mass is 32.2. The summed E-state index contributed by atoms with van der Waals surface area (Å²) >= 11 is 0. The highest BCUT2D eigenvalue weighted by molar-refractivity contribution is 7.89. The average Bonchev–Trinajstić information content (AvgIpc) is 3.53. The van der Waals surface area contributed by atoms with Gasteiger partial charge in [-0.15, -0.1) is 0 Å². The van der Waals surface area contributed by atoms with E-state index in [0.717, 1.165) is 38.7 Å².